The first kappa shape index (κ1) is 21.3. The van der Waals surface area contributed by atoms with Crippen LogP contribution < -0.4 is 4.90 Å². The number of nitrogens with zero attached hydrogens (tertiary/aromatic N) is 1. The van der Waals surface area contributed by atoms with Crippen molar-refractivity contribution in [1.82, 2.24) is 0 Å². The van der Waals surface area contributed by atoms with E-state index in [-0.39, 0.29) is 17.7 Å². The Morgan fingerprint density at radius 3 is 2.64 bits per heavy atom. The Balaban J connectivity index is 1.44. The number of carbonyl (C=O) groups is 2. The van der Waals surface area contributed by atoms with Crippen LogP contribution in [-0.4, -0.2) is 18.1 Å². The number of hydrogen-bond donors (Lipinski definition) is 0. The van der Waals surface area contributed by atoms with E-state index in [1.807, 2.05) is 24.3 Å². The summed E-state index contributed by atoms with van der Waals surface area (Å²) in [6.45, 7) is 3.10. The van der Waals surface area contributed by atoms with Gasteiger partial charge < -0.3 is 9.47 Å². The first-order valence-corrected chi connectivity index (χ1v) is 10.5. The van der Waals surface area contributed by atoms with Crippen molar-refractivity contribution in [3.8, 4) is 0 Å². The van der Waals surface area contributed by atoms with E-state index in [0.717, 1.165) is 28.2 Å². The van der Waals surface area contributed by atoms with Crippen LogP contribution in [0.5, 0.6) is 0 Å². The molecule has 1 aliphatic carbocycles. The molecule has 5 nitrogen and oxygen atoms in total. The highest BCUT2D eigenvalue weighted by molar-refractivity contribution is 6.08. The molecule has 3 unspecified atom stereocenters. The van der Waals surface area contributed by atoms with E-state index in [1.165, 1.54) is 25.3 Å². The van der Waals surface area contributed by atoms with Gasteiger partial charge in [0.1, 0.15) is 6.10 Å². The zero-order valence-corrected chi connectivity index (χ0v) is 17.8. The molecule has 3 atom stereocenters. The molecule has 5 rings (SSSR count). The molecule has 8 heteroatoms. The summed E-state index contributed by atoms with van der Waals surface area (Å²) in [5.74, 6) is -1.16. The van der Waals surface area contributed by atoms with Gasteiger partial charge in [-0.2, -0.15) is 13.2 Å². The Morgan fingerprint density at radius 1 is 1.12 bits per heavy atom. The smallest absolute Gasteiger partial charge is 0.416 e. The summed E-state index contributed by atoms with van der Waals surface area (Å²) in [5.41, 5.74) is 2.34. The molecule has 0 bridgehead atoms. The third-order valence-electron chi connectivity index (χ3n) is 6.24. The van der Waals surface area contributed by atoms with Gasteiger partial charge in [-0.15, -0.1) is 0 Å². The third kappa shape index (κ3) is 3.59. The van der Waals surface area contributed by atoms with Crippen LogP contribution in [0.3, 0.4) is 0 Å². The second-order valence-electron chi connectivity index (χ2n) is 8.52. The second-order valence-corrected chi connectivity index (χ2v) is 8.52. The highest BCUT2D eigenvalue weighted by atomic mass is 19.4. The lowest BCUT2D eigenvalue weighted by Crippen LogP contribution is -2.35. The lowest BCUT2D eigenvalue weighted by atomic mass is 9.98. The van der Waals surface area contributed by atoms with Gasteiger partial charge in [0, 0.05) is 17.2 Å². The highest BCUT2D eigenvalue weighted by Gasteiger charge is 2.46. The maximum Gasteiger partial charge on any atom is 0.416 e. The number of ether oxygens (including phenoxy) is 2. The predicted molar refractivity (Wildman–Crippen MR) is 113 cm³/mol. The third-order valence-corrected chi connectivity index (χ3v) is 6.24. The van der Waals surface area contributed by atoms with Crippen molar-refractivity contribution in [2.75, 3.05) is 4.90 Å². The van der Waals surface area contributed by atoms with Crippen molar-refractivity contribution in [3.63, 3.8) is 0 Å². The lowest BCUT2D eigenvalue weighted by Gasteiger charge is -2.25. The van der Waals surface area contributed by atoms with E-state index in [1.54, 1.807) is 6.92 Å². The maximum atomic E-state index is 13.3. The molecule has 0 N–H and O–H groups in total. The van der Waals surface area contributed by atoms with E-state index in [4.69, 9.17) is 9.47 Å². The van der Waals surface area contributed by atoms with E-state index in [2.05, 4.69) is 0 Å². The molecule has 33 heavy (non-hydrogen) atoms. The van der Waals surface area contributed by atoms with E-state index < -0.39 is 29.8 Å². The largest absolute Gasteiger partial charge is 0.473 e. The van der Waals surface area contributed by atoms with Gasteiger partial charge in [-0.3, -0.25) is 9.69 Å². The average Bonchev–Trinajstić information content (AvgIpc) is 3.35. The Morgan fingerprint density at radius 2 is 1.88 bits per heavy atom. The number of rotatable bonds is 3. The Bertz CT molecular complexity index is 1230. The topological polar surface area (TPSA) is 55.8 Å². The molecule has 0 aromatic heterocycles. The van der Waals surface area contributed by atoms with Gasteiger partial charge >= 0.3 is 12.1 Å². The second kappa shape index (κ2) is 7.50. The van der Waals surface area contributed by atoms with Crippen molar-refractivity contribution in [3.05, 3.63) is 88.2 Å². The fraction of sp³-hybridized carbons (Fsp3) is 0.280. The quantitative estimate of drug-likeness (QED) is 0.371. The zero-order valence-electron chi connectivity index (χ0n) is 17.8. The SMILES string of the molecule is CC1=CC(O/C=C2/C(=O)OC3c4ccccc4CC23)N(c2cc(C)cc(C(F)(F)F)c2)C1=O. The monoisotopic (exact) mass is 455 g/mol. The van der Waals surface area contributed by atoms with Gasteiger partial charge in [0.2, 0.25) is 0 Å². The minimum atomic E-state index is -4.55. The number of fused-ring (bicyclic) bond motifs is 3. The van der Waals surface area contributed by atoms with E-state index in [0.29, 0.717) is 23.1 Å². The molecule has 3 aliphatic rings. The number of amides is 1. The summed E-state index contributed by atoms with van der Waals surface area (Å²) >= 11 is 0. The molecule has 1 saturated heterocycles. The first-order valence-electron chi connectivity index (χ1n) is 10.5. The molecular weight excluding hydrogens is 435 g/mol. The van der Waals surface area contributed by atoms with Crippen molar-refractivity contribution >= 4 is 17.6 Å². The van der Waals surface area contributed by atoms with Crippen LogP contribution in [0.1, 0.15) is 35.3 Å². The van der Waals surface area contributed by atoms with Gasteiger partial charge in [0.15, 0.2) is 6.23 Å². The molecule has 2 aromatic rings. The van der Waals surface area contributed by atoms with Gasteiger partial charge in [-0.1, -0.05) is 24.3 Å². The predicted octanol–water partition coefficient (Wildman–Crippen LogP) is 5.00. The molecule has 1 fully saturated rings. The summed E-state index contributed by atoms with van der Waals surface area (Å²) < 4.78 is 51.4. The van der Waals surface area contributed by atoms with Gasteiger partial charge in [-0.05, 0) is 61.2 Å². The molecule has 0 spiro atoms. The van der Waals surface area contributed by atoms with Crippen LogP contribution >= 0.6 is 0 Å². The van der Waals surface area contributed by atoms with Crippen molar-refractivity contribution < 1.29 is 32.2 Å². The average molecular weight is 455 g/mol. The summed E-state index contributed by atoms with van der Waals surface area (Å²) in [6, 6.07) is 11.2. The number of halogens is 3. The standard InChI is InChI=1S/C25H20F3NO4/c1-13-7-16(25(26,27)28)11-17(8-13)29-21(9-14(2)23(29)30)32-12-20-19-10-15-5-3-4-6-18(15)22(19)33-24(20)31/h3-9,11-12,19,21-22H,10H2,1-2H3/b20-12+. The van der Waals surface area contributed by atoms with Crippen LogP contribution in [0, 0.1) is 12.8 Å². The van der Waals surface area contributed by atoms with Crippen molar-refractivity contribution in [2.45, 2.75) is 38.8 Å². The van der Waals surface area contributed by atoms with Crippen LogP contribution in [0.25, 0.3) is 0 Å². The van der Waals surface area contributed by atoms with Gasteiger partial charge in [-0.25, -0.2) is 4.79 Å². The molecule has 1 amide bonds. The van der Waals surface area contributed by atoms with Crippen LogP contribution in [0.2, 0.25) is 0 Å². The van der Waals surface area contributed by atoms with Crippen LogP contribution in [0.15, 0.2) is 65.9 Å². The minimum Gasteiger partial charge on any atom is -0.473 e. The number of benzene rings is 2. The summed E-state index contributed by atoms with van der Waals surface area (Å²) in [6.07, 6.45) is -2.48. The number of aryl methyl sites for hydroxylation is 1. The molecule has 2 aromatic carbocycles. The molecular formula is C25H20F3NO4. The first-order chi connectivity index (χ1) is 15.6. The Hall–Kier alpha value is -3.55. The number of esters is 1. The van der Waals surface area contributed by atoms with Crippen molar-refractivity contribution in [1.29, 1.82) is 0 Å². The molecule has 0 saturated carbocycles. The lowest BCUT2D eigenvalue weighted by molar-refractivity contribution is -0.139. The van der Waals surface area contributed by atoms with Crippen molar-refractivity contribution in [2.24, 2.45) is 5.92 Å². The minimum absolute atomic E-state index is 0.0731. The summed E-state index contributed by atoms with van der Waals surface area (Å²) in [5, 5.41) is 0. The maximum absolute atomic E-state index is 13.3. The fourth-order valence-electron chi connectivity index (χ4n) is 4.69. The van der Waals surface area contributed by atoms with Crippen LogP contribution in [0.4, 0.5) is 18.9 Å². The zero-order chi connectivity index (χ0) is 23.5. The molecule has 2 heterocycles. The normalized spacial score (nSPS) is 25.2. The van der Waals surface area contributed by atoms with Gasteiger partial charge in [0.25, 0.3) is 5.91 Å². The molecule has 170 valence electrons. The Labute approximate surface area is 188 Å². The molecule has 0 radical (unpaired) electrons. The number of carbonyl (C=O) groups excluding carboxylic acids is 2. The summed E-state index contributed by atoms with van der Waals surface area (Å²) in [7, 11) is 0. The Kier molecular flexibility index (Phi) is 4.84. The fourth-order valence-corrected chi connectivity index (χ4v) is 4.69. The van der Waals surface area contributed by atoms with E-state index >= 15 is 0 Å². The number of alkyl halides is 3. The van der Waals surface area contributed by atoms with Gasteiger partial charge in [0.05, 0.1) is 17.4 Å². The highest BCUT2D eigenvalue weighted by Crippen LogP contribution is 2.47. The number of anilines is 1. The van der Waals surface area contributed by atoms with E-state index in [9.17, 15) is 22.8 Å². The summed E-state index contributed by atoms with van der Waals surface area (Å²) in [4.78, 5) is 26.4. The number of hydrogen-bond acceptors (Lipinski definition) is 4. The van der Waals surface area contributed by atoms with Crippen LogP contribution in [-0.2, 0) is 31.7 Å². The molecule has 2 aliphatic heterocycles.